The maximum atomic E-state index is 12.5. The fourth-order valence-electron chi connectivity index (χ4n) is 2.35. The van der Waals surface area contributed by atoms with E-state index in [-0.39, 0.29) is 4.90 Å². The van der Waals surface area contributed by atoms with Crippen LogP contribution < -0.4 is 0 Å². The Kier molecular flexibility index (Phi) is 6.46. The molecule has 0 aliphatic heterocycles. The van der Waals surface area contributed by atoms with Gasteiger partial charge >= 0.3 is 0 Å². The monoisotopic (exact) mass is 425 g/mol. The van der Waals surface area contributed by atoms with E-state index in [0.717, 1.165) is 15.7 Å². The summed E-state index contributed by atoms with van der Waals surface area (Å²) in [6.07, 6.45) is 1.44. The fraction of sp³-hybridized carbons (Fsp3) is 0.294. The minimum absolute atomic E-state index is 0.235. The number of thioether (sulfide) groups is 1. The molecular formula is C17H19N3O2S4. The Labute approximate surface area is 166 Å². The summed E-state index contributed by atoms with van der Waals surface area (Å²) in [5, 5.41) is 5.92. The summed E-state index contributed by atoms with van der Waals surface area (Å²) in [7, 11) is -3.45. The zero-order valence-corrected chi connectivity index (χ0v) is 17.7. The molecule has 0 atom stereocenters. The highest BCUT2D eigenvalue weighted by atomic mass is 32.2. The Morgan fingerprint density at radius 2 is 1.96 bits per heavy atom. The van der Waals surface area contributed by atoms with Crippen molar-refractivity contribution in [2.75, 3.05) is 13.1 Å². The van der Waals surface area contributed by atoms with Crippen molar-refractivity contribution >= 4 is 44.5 Å². The van der Waals surface area contributed by atoms with Gasteiger partial charge in [-0.25, -0.2) is 18.4 Å². The Hall–Kier alpha value is -1.26. The lowest BCUT2D eigenvalue weighted by molar-refractivity contribution is 0.445. The van der Waals surface area contributed by atoms with Gasteiger partial charge in [0, 0.05) is 30.4 Å². The van der Waals surface area contributed by atoms with Gasteiger partial charge in [0.25, 0.3) is 0 Å². The zero-order chi connectivity index (χ0) is 18.6. The van der Waals surface area contributed by atoms with E-state index in [1.54, 1.807) is 46.6 Å². The number of pyridine rings is 1. The average molecular weight is 426 g/mol. The van der Waals surface area contributed by atoms with Crippen molar-refractivity contribution in [1.82, 2.24) is 14.3 Å². The van der Waals surface area contributed by atoms with E-state index in [2.05, 4.69) is 21.4 Å². The van der Waals surface area contributed by atoms with Crippen LogP contribution >= 0.6 is 34.4 Å². The van der Waals surface area contributed by atoms with Crippen LogP contribution in [0, 0.1) is 0 Å². The average Bonchev–Trinajstić information content (AvgIpc) is 3.32. The van der Waals surface area contributed by atoms with Crippen LogP contribution in [-0.2, 0) is 15.8 Å². The normalized spacial score (nSPS) is 12.0. The molecule has 0 radical (unpaired) electrons. The molecule has 3 aromatic rings. The van der Waals surface area contributed by atoms with Crippen molar-refractivity contribution in [3.8, 4) is 9.88 Å². The van der Waals surface area contributed by atoms with Crippen LogP contribution in [0.4, 0.5) is 0 Å². The summed E-state index contributed by atoms with van der Waals surface area (Å²) >= 11 is 4.87. The van der Waals surface area contributed by atoms with Crippen LogP contribution in [0.2, 0.25) is 0 Å². The first-order chi connectivity index (χ1) is 12.5. The molecule has 26 heavy (non-hydrogen) atoms. The van der Waals surface area contributed by atoms with Gasteiger partial charge < -0.3 is 0 Å². The van der Waals surface area contributed by atoms with Crippen LogP contribution in [0.25, 0.3) is 9.88 Å². The fourth-order valence-corrected chi connectivity index (χ4v) is 6.23. The number of rotatable bonds is 8. The summed E-state index contributed by atoms with van der Waals surface area (Å²) in [6, 6.07) is 7.47. The van der Waals surface area contributed by atoms with E-state index in [0.29, 0.717) is 18.8 Å². The Bertz CT molecular complexity index is 931. The number of aromatic nitrogens is 2. The predicted molar refractivity (Wildman–Crippen MR) is 109 cm³/mol. The molecule has 0 N–H and O–H groups in total. The molecule has 3 aromatic heterocycles. The van der Waals surface area contributed by atoms with Crippen LogP contribution in [-0.4, -0.2) is 35.8 Å². The molecule has 0 aliphatic carbocycles. The van der Waals surface area contributed by atoms with Gasteiger partial charge in [0.2, 0.25) is 10.0 Å². The second-order valence-electron chi connectivity index (χ2n) is 5.33. The van der Waals surface area contributed by atoms with Crippen molar-refractivity contribution in [1.29, 1.82) is 0 Å². The van der Waals surface area contributed by atoms with Gasteiger partial charge in [-0.3, -0.25) is 0 Å². The minimum Gasteiger partial charge on any atom is -0.249 e. The van der Waals surface area contributed by atoms with E-state index in [4.69, 9.17) is 0 Å². The van der Waals surface area contributed by atoms with Crippen LogP contribution in [0.15, 0.2) is 51.1 Å². The number of sulfonamides is 1. The predicted octanol–water partition coefficient (Wildman–Crippen LogP) is 4.59. The van der Waals surface area contributed by atoms with Gasteiger partial charge in [0.15, 0.2) is 0 Å². The molecule has 0 aliphatic rings. The van der Waals surface area contributed by atoms with Gasteiger partial charge in [-0.1, -0.05) is 19.9 Å². The lowest BCUT2D eigenvalue weighted by atomic mass is 10.5. The zero-order valence-electron chi connectivity index (χ0n) is 14.5. The topological polar surface area (TPSA) is 63.2 Å². The first-order valence-electron chi connectivity index (χ1n) is 8.12. The third kappa shape index (κ3) is 4.34. The van der Waals surface area contributed by atoms with Crippen LogP contribution in [0.3, 0.4) is 0 Å². The van der Waals surface area contributed by atoms with Gasteiger partial charge in [0.1, 0.15) is 9.90 Å². The van der Waals surface area contributed by atoms with E-state index < -0.39 is 10.0 Å². The largest absolute Gasteiger partial charge is 0.249 e. The van der Waals surface area contributed by atoms with Gasteiger partial charge in [-0.05, 0) is 23.6 Å². The maximum absolute atomic E-state index is 12.5. The molecule has 5 nitrogen and oxygen atoms in total. The second kappa shape index (κ2) is 8.62. The molecular weight excluding hydrogens is 406 g/mol. The minimum atomic E-state index is -3.45. The lowest BCUT2D eigenvalue weighted by Crippen LogP contribution is -2.30. The maximum Gasteiger partial charge on any atom is 0.244 e. The van der Waals surface area contributed by atoms with Crippen LogP contribution in [0.1, 0.15) is 19.5 Å². The second-order valence-corrected chi connectivity index (χ2v) is 10.1. The van der Waals surface area contributed by atoms with E-state index in [1.807, 2.05) is 25.3 Å². The number of hydrogen-bond acceptors (Lipinski definition) is 7. The molecule has 0 bridgehead atoms. The molecule has 0 amide bonds. The molecule has 3 heterocycles. The van der Waals surface area contributed by atoms with Crippen molar-refractivity contribution in [2.45, 2.75) is 29.5 Å². The molecule has 0 spiro atoms. The molecule has 0 fully saturated rings. The van der Waals surface area contributed by atoms with E-state index >= 15 is 0 Å². The molecule has 0 saturated heterocycles. The van der Waals surface area contributed by atoms with E-state index in [9.17, 15) is 8.42 Å². The first-order valence-corrected chi connectivity index (χ1v) is 12.3. The van der Waals surface area contributed by atoms with Gasteiger partial charge in [-0.15, -0.1) is 34.4 Å². The summed E-state index contributed by atoms with van der Waals surface area (Å²) in [5.41, 5.74) is 1.00. The molecule has 3 rings (SSSR count). The summed E-state index contributed by atoms with van der Waals surface area (Å²) < 4.78 is 26.4. The Morgan fingerprint density at radius 1 is 1.15 bits per heavy atom. The summed E-state index contributed by atoms with van der Waals surface area (Å²) in [4.78, 5) is 10.4. The molecule has 138 valence electrons. The Morgan fingerprint density at radius 3 is 2.58 bits per heavy atom. The van der Waals surface area contributed by atoms with Crippen molar-refractivity contribution in [3.63, 3.8) is 0 Å². The molecule has 0 aromatic carbocycles. The first kappa shape index (κ1) is 19.5. The quantitative estimate of drug-likeness (QED) is 0.494. The third-order valence-electron chi connectivity index (χ3n) is 3.70. The van der Waals surface area contributed by atoms with Crippen LogP contribution in [0.5, 0.6) is 0 Å². The number of thiazole rings is 1. The third-order valence-corrected chi connectivity index (χ3v) is 8.65. The highest BCUT2D eigenvalue weighted by molar-refractivity contribution is 7.98. The van der Waals surface area contributed by atoms with Gasteiger partial charge in [0.05, 0.1) is 15.6 Å². The highest BCUT2D eigenvalue weighted by Gasteiger charge is 2.21. The Balaban J connectivity index is 1.65. The lowest BCUT2D eigenvalue weighted by Gasteiger charge is -2.18. The summed E-state index contributed by atoms with van der Waals surface area (Å²) in [6.45, 7) is 4.56. The highest BCUT2D eigenvalue weighted by Crippen LogP contribution is 2.30. The standard InChI is InChI=1S/C17H19N3O2S4/c1-3-20(4-2)26(21,22)14-7-8-16(18-10-14)24-11-13-12-25-17(19-13)15-6-5-9-23-15/h5-10,12H,3-4,11H2,1-2H3. The smallest absolute Gasteiger partial charge is 0.244 e. The number of nitrogens with zero attached hydrogens (tertiary/aromatic N) is 3. The SMILES string of the molecule is CCN(CC)S(=O)(=O)c1ccc(SCc2csc(-c3cccs3)n2)nc1. The van der Waals surface area contributed by atoms with Crippen molar-refractivity contribution in [3.05, 3.63) is 46.9 Å². The van der Waals surface area contributed by atoms with Crippen molar-refractivity contribution in [2.24, 2.45) is 0 Å². The van der Waals surface area contributed by atoms with Gasteiger partial charge in [-0.2, -0.15) is 4.31 Å². The van der Waals surface area contributed by atoms with Crippen molar-refractivity contribution < 1.29 is 8.42 Å². The molecule has 0 saturated carbocycles. The van der Waals surface area contributed by atoms with E-state index in [1.165, 1.54) is 15.4 Å². The molecule has 9 heteroatoms. The number of thiophene rings is 1. The number of hydrogen-bond donors (Lipinski definition) is 0. The molecule has 0 unspecified atom stereocenters. The summed E-state index contributed by atoms with van der Waals surface area (Å²) in [5.74, 6) is 0.705.